The molecule has 1 amide bonds. The molecule has 1 aromatic rings. The lowest BCUT2D eigenvalue weighted by molar-refractivity contribution is -0.142. The first-order chi connectivity index (χ1) is 11.0. The Morgan fingerprint density at radius 1 is 1.13 bits per heavy atom. The van der Waals surface area contributed by atoms with Gasteiger partial charge in [0.1, 0.15) is 0 Å². The molecule has 0 spiro atoms. The number of rotatable bonds is 5. The largest absolute Gasteiger partial charge is 0.493 e. The first-order valence-corrected chi connectivity index (χ1v) is 7.29. The number of benzene rings is 1. The molecule has 0 saturated carbocycles. The highest BCUT2D eigenvalue weighted by Crippen LogP contribution is 2.41. The molecule has 2 atom stereocenters. The highest BCUT2D eigenvalue weighted by atomic mass is 16.5. The van der Waals surface area contributed by atoms with Crippen LogP contribution in [0.1, 0.15) is 23.7 Å². The number of carboxylic acids is 1. The molecule has 126 valence electrons. The lowest BCUT2D eigenvalue weighted by Gasteiger charge is -2.25. The van der Waals surface area contributed by atoms with E-state index >= 15 is 0 Å². The molecule has 1 saturated heterocycles. The van der Waals surface area contributed by atoms with Crippen molar-refractivity contribution in [3.05, 3.63) is 17.7 Å². The van der Waals surface area contributed by atoms with Crippen LogP contribution in [0.15, 0.2) is 12.1 Å². The molecule has 1 N–H and O–H groups in total. The molecule has 0 bridgehead atoms. The van der Waals surface area contributed by atoms with Crippen LogP contribution in [0, 0.1) is 5.92 Å². The molecule has 1 aromatic carbocycles. The van der Waals surface area contributed by atoms with Gasteiger partial charge in [0, 0.05) is 12.6 Å². The van der Waals surface area contributed by atoms with Gasteiger partial charge in [0.25, 0.3) is 5.91 Å². The maximum Gasteiger partial charge on any atom is 0.308 e. The number of hydrogen-bond acceptors (Lipinski definition) is 5. The van der Waals surface area contributed by atoms with Gasteiger partial charge in [-0.25, -0.2) is 0 Å². The molecule has 1 aliphatic rings. The number of methoxy groups -OCH3 is 3. The second kappa shape index (κ2) is 6.76. The van der Waals surface area contributed by atoms with Crippen molar-refractivity contribution in [1.82, 2.24) is 4.90 Å². The smallest absolute Gasteiger partial charge is 0.308 e. The van der Waals surface area contributed by atoms with Crippen molar-refractivity contribution in [2.24, 2.45) is 5.92 Å². The summed E-state index contributed by atoms with van der Waals surface area (Å²) in [5, 5.41) is 9.21. The van der Waals surface area contributed by atoms with E-state index in [1.807, 2.05) is 0 Å². The molecule has 1 aliphatic heterocycles. The summed E-state index contributed by atoms with van der Waals surface area (Å²) in [6.07, 6.45) is 0.442. The lowest BCUT2D eigenvalue weighted by atomic mass is 10.0. The van der Waals surface area contributed by atoms with Gasteiger partial charge in [-0.05, 0) is 25.5 Å². The monoisotopic (exact) mass is 323 g/mol. The van der Waals surface area contributed by atoms with E-state index in [1.165, 1.54) is 21.3 Å². The van der Waals surface area contributed by atoms with Crippen molar-refractivity contribution in [2.45, 2.75) is 19.4 Å². The Balaban J connectivity index is 2.39. The number of carbonyl (C=O) groups is 2. The zero-order valence-corrected chi connectivity index (χ0v) is 13.7. The summed E-state index contributed by atoms with van der Waals surface area (Å²) in [5.74, 6) is -0.639. The van der Waals surface area contributed by atoms with Crippen molar-refractivity contribution in [2.75, 3.05) is 27.9 Å². The standard InChI is InChI=1S/C16H21NO6/c1-9-10(16(19)20)7-8-17(9)15(18)11-5-6-12(21-2)14(23-4)13(11)22-3/h5-6,9-10H,7-8H2,1-4H3,(H,19,20). The fraction of sp³-hybridized carbons (Fsp3) is 0.500. The minimum atomic E-state index is -0.882. The van der Waals surface area contributed by atoms with Crippen LogP contribution < -0.4 is 14.2 Å². The van der Waals surface area contributed by atoms with Crippen LogP contribution in [0.3, 0.4) is 0 Å². The van der Waals surface area contributed by atoms with E-state index in [9.17, 15) is 14.7 Å². The van der Waals surface area contributed by atoms with Crippen molar-refractivity contribution in [1.29, 1.82) is 0 Å². The van der Waals surface area contributed by atoms with Crippen molar-refractivity contribution in [3.63, 3.8) is 0 Å². The number of likely N-dealkylation sites (tertiary alicyclic amines) is 1. The van der Waals surface area contributed by atoms with Gasteiger partial charge in [0.05, 0.1) is 32.8 Å². The normalized spacial score (nSPS) is 20.3. The molecule has 23 heavy (non-hydrogen) atoms. The number of ether oxygens (including phenoxy) is 3. The topological polar surface area (TPSA) is 85.3 Å². The van der Waals surface area contributed by atoms with Crippen LogP contribution in [0.25, 0.3) is 0 Å². The number of amides is 1. The van der Waals surface area contributed by atoms with Gasteiger partial charge in [-0.15, -0.1) is 0 Å². The van der Waals surface area contributed by atoms with Crippen molar-refractivity contribution in [3.8, 4) is 17.2 Å². The summed E-state index contributed by atoms with van der Waals surface area (Å²) < 4.78 is 15.8. The van der Waals surface area contributed by atoms with E-state index in [0.29, 0.717) is 30.0 Å². The molecule has 2 unspecified atom stereocenters. The SMILES string of the molecule is COc1ccc(C(=O)N2CCC(C(=O)O)C2C)c(OC)c1OC. The number of hydrogen-bond donors (Lipinski definition) is 1. The van der Waals surface area contributed by atoms with Crippen LogP contribution in [0.2, 0.25) is 0 Å². The van der Waals surface area contributed by atoms with Gasteiger partial charge in [-0.1, -0.05) is 0 Å². The van der Waals surface area contributed by atoms with E-state index in [-0.39, 0.29) is 17.7 Å². The third-order valence-electron chi connectivity index (χ3n) is 4.27. The first kappa shape index (κ1) is 16.9. The molecular weight excluding hydrogens is 302 g/mol. The predicted molar refractivity (Wildman–Crippen MR) is 82.3 cm³/mol. The molecule has 7 nitrogen and oxygen atoms in total. The Hall–Kier alpha value is -2.44. The Kier molecular flexibility index (Phi) is 4.98. The Labute approximate surface area is 134 Å². The highest BCUT2D eigenvalue weighted by Gasteiger charge is 2.39. The molecule has 1 heterocycles. The quantitative estimate of drug-likeness (QED) is 0.887. The average molecular weight is 323 g/mol. The van der Waals surface area contributed by atoms with E-state index in [1.54, 1.807) is 24.0 Å². The zero-order valence-electron chi connectivity index (χ0n) is 13.7. The summed E-state index contributed by atoms with van der Waals surface area (Å²) in [5.41, 5.74) is 0.322. The third-order valence-corrected chi connectivity index (χ3v) is 4.27. The van der Waals surface area contributed by atoms with E-state index in [4.69, 9.17) is 14.2 Å². The summed E-state index contributed by atoms with van der Waals surface area (Å²) in [7, 11) is 4.41. The Morgan fingerprint density at radius 3 is 2.26 bits per heavy atom. The van der Waals surface area contributed by atoms with E-state index in [2.05, 4.69) is 0 Å². The summed E-state index contributed by atoms with van der Waals surface area (Å²) >= 11 is 0. The van der Waals surface area contributed by atoms with E-state index in [0.717, 1.165) is 0 Å². The predicted octanol–water partition coefficient (Wildman–Crippen LogP) is 1.65. The molecular formula is C16H21NO6. The number of nitrogens with zero attached hydrogens (tertiary/aromatic N) is 1. The summed E-state index contributed by atoms with van der Waals surface area (Å²) in [6, 6.07) is 2.85. The molecule has 0 aromatic heterocycles. The van der Waals surface area contributed by atoms with Crippen LogP contribution in [0.5, 0.6) is 17.2 Å². The highest BCUT2D eigenvalue weighted by molar-refractivity contribution is 5.99. The van der Waals surface area contributed by atoms with Crippen LogP contribution >= 0.6 is 0 Å². The number of carbonyl (C=O) groups excluding carboxylic acids is 1. The second-order valence-corrected chi connectivity index (χ2v) is 5.35. The minimum Gasteiger partial charge on any atom is -0.493 e. The first-order valence-electron chi connectivity index (χ1n) is 7.29. The Bertz CT molecular complexity index is 615. The van der Waals surface area contributed by atoms with Crippen molar-refractivity contribution >= 4 is 11.9 Å². The van der Waals surface area contributed by atoms with Gasteiger partial charge < -0.3 is 24.2 Å². The second-order valence-electron chi connectivity index (χ2n) is 5.35. The number of aliphatic carboxylic acids is 1. The fourth-order valence-corrected chi connectivity index (χ4v) is 2.98. The van der Waals surface area contributed by atoms with Gasteiger partial charge in [-0.3, -0.25) is 9.59 Å². The minimum absolute atomic E-state index is 0.279. The summed E-state index contributed by atoms with van der Waals surface area (Å²) in [4.78, 5) is 25.6. The van der Waals surface area contributed by atoms with Gasteiger partial charge in [0.15, 0.2) is 11.5 Å². The molecule has 0 radical (unpaired) electrons. The Morgan fingerprint density at radius 2 is 1.78 bits per heavy atom. The fourth-order valence-electron chi connectivity index (χ4n) is 2.98. The van der Waals surface area contributed by atoms with E-state index < -0.39 is 11.9 Å². The van der Waals surface area contributed by atoms with Gasteiger partial charge in [0.2, 0.25) is 5.75 Å². The number of carboxylic acid groups (broad SMARTS) is 1. The molecule has 7 heteroatoms. The lowest BCUT2D eigenvalue weighted by Crippen LogP contribution is -2.37. The summed E-state index contributed by atoms with van der Waals surface area (Å²) in [6.45, 7) is 2.14. The maximum atomic E-state index is 12.8. The van der Waals surface area contributed by atoms with Gasteiger partial charge >= 0.3 is 5.97 Å². The molecule has 1 fully saturated rings. The third kappa shape index (κ3) is 2.91. The van der Waals surface area contributed by atoms with Crippen LogP contribution in [-0.4, -0.2) is 55.8 Å². The van der Waals surface area contributed by atoms with Crippen LogP contribution in [-0.2, 0) is 4.79 Å². The van der Waals surface area contributed by atoms with Crippen LogP contribution in [0.4, 0.5) is 0 Å². The zero-order chi connectivity index (χ0) is 17.1. The maximum absolute atomic E-state index is 12.8. The average Bonchev–Trinajstić information content (AvgIpc) is 2.94. The molecule has 2 rings (SSSR count). The molecule has 0 aliphatic carbocycles. The van der Waals surface area contributed by atoms with Gasteiger partial charge in [-0.2, -0.15) is 0 Å². The van der Waals surface area contributed by atoms with Crippen molar-refractivity contribution < 1.29 is 28.9 Å².